The first-order valence-electron chi connectivity index (χ1n) is 12.1. The van der Waals surface area contributed by atoms with Crippen molar-refractivity contribution < 1.29 is 0 Å². The Balaban J connectivity index is 0.00000407. The Morgan fingerprint density at radius 1 is 1.00 bits per heavy atom. The third-order valence-electron chi connectivity index (χ3n) is 5.31. The highest BCUT2D eigenvalue weighted by atomic mass is 14.3. The molecule has 0 heterocycles. The van der Waals surface area contributed by atoms with E-state index in [9.17, 15) is 5.26 Å². The van der Waals surface area contributed by atoms with Gasteiger partial charge >= 0.3 is 0 Å². The van der Waals surface area contributed by atoms with Gasteiger partial charge in [-0.05, 0) is 62.0 Å². The van der Waals surface area contributed by atoms with E-state index in [-0.39, 0.29) is 5.92 Å². The number of hydrogen-bond acceptors (Lipinski definition) is 1. The fourth-order valence-corrected chi connectivity index (χ4v) is 3.47. The smallest absolute Gasteiger partial charge is 0.0659 e. The van der Waals surface area contributed by atoms with Crippen molar-refractivity contribution in [2.45, 2.75) is 91.4 Å². The molecule has 1 aliphatic rings. The van der Waals surface area contributed by atoms with Gasteiger partial charge in [0.05, 0.1) is 6.07 Å². The number of nitriles is 1. The summed E-state index contributed by atoms with van der Waals surface area (Å²) in [5, 5.41) is 9.33. The van der Waals surface area contributed by atoms with Gasteiger partial charge in [0.25, 0.3) is 0 Å². The van der Waals surface area contributed by atoms with Gasteiger partial charge < -0.3 is 0 Å². The number of nitrogens with zero attached hydrogens (tertiary/aromatic N) is 1. The zero-order chi connectivity index (χ0) is 22.5. The maximum absolute atomic E-state index is 9.33. The van der Waals surface area contributed by atoms with Crippen LogP contribution in [0.25, 0.3) is 0 Å². The summed E-state index contributed by atoms with van der Waals surface area (Å²) in [4.78, 5) is 0. The van der Waals surface area contributed by atoms with E-state index in [1.165, 1.54) is 43.3 Å². The van der Waals surface area contributed by atoms with Crippen LogP contribution in [0.3, 0.4) is 0 Å². The predicted molar refractivity (Wildman–Crippen MR) is 135 cm³/mol. The topological polar surface area (TPSA) is 23.8 Å². The van der Waals surface area contributed by atoms with Gasteiger partial charge in [-0.3, -0.25) is 0 Å². The van der Waals surface area contributed by atoms with Crippen molar-refractivity contribution in [3.63, 3.8) is 0 Å². The van der Waals surface area contributed by atoms with Gasteiger partial charge in [-0.15, -0.1) is 13.2 Å². The molecular weight excluding hydrogens is 362 g/mol. The molecule has 0 spiro atoms. The van der Waals surface area contributed by atoms with Crippen molar-refractivity contribution in [1.29, 1.82) is 5.26 Å². The Kier molecular flexibility index (Phi) is 18.8. The molecule has 0 amide bonds. The number of hydrogen-bond donors (Lipinski definition) is 0. The highest BCUT2D eigenvalue weighted by Gasteiger charge is 2.07. The van der Waals surface area contributed by atoms with Crippen LogP contribution in [0.5, 0.6) is 0 Å². The monoisotopic (exact) mass is 407 g/mol. The van der Waals surface area contributed by atoms with Gasteiger partial charge in [0.1, 0.15) is 0 Å². The lowest BCUT2D eigenvalue weighted by molar-refractivity contribution is 0.582. The fourth-order valence-electron chi connectivity index (χ4n) is 3.47. The van der Waals surface area contributed by atoms with Crippen molar-refractivity contribution in [1.82, 2.24) is 0 Å². The van der Waals surface area contributed by atoms with Crippen molar-refractivity contribution in [3.8, 4) is 6.07 Å². The van der Waals surface area contributed by atoms with Crippen molar-refractivity contribution in [2.24, 2.45) is 11.8 Å². The third kappa shape index (κ3) is 13.2. The highest BCUT2D eigenvalue weighted by molar-refractivity contribution is 5.48. The second-order valence-corrected chi connectivity index (χ2v) is 7.69. The molecule has 1 nitrogen and oxygen atoms in total. The van der Waals surface area contributed by atoms with Gasteiger partial charge in [-0.2, -0.15) is 5.26 Å². The van der Waals surface area contributed by atoms with E-state index in [0.717, 1.165) is 38.5 Å². The van der Waals surface area contributed by atoms with Crippen LogP contribution in [0.2, 0.25) is 0 Å². The lowest BCUT2D eigenvalue weighted by Gasteiger charge is -2.12. The lowest BCUT2D eigenvalue weighted by Crippen LogP contribution is -1.96. The summed E-state index contributed by atoms with van der Waals surface area (Å²) in [6.45, 7) is 14.0. The van der Waals surface area contributed by atoms with Crippen LogP contribution >= 0.6 is 0 Å². The SMILES string of the molecule is C=CCCCC(C#N)C/C=C/C1=CCCC=C1/C=C/C(C=C)CCCCCC.CC. The molecule has 166 valence electrons. The molecule has 0 radical (unpaired) electrons. The zero-order valence-corrected chi connectivity index (χ0v) is 19.9. The molecule has 1 rings (SSSR count). The second kappa shape index (κ2) is 20.2. The Morgan fingerprint density at radius 2 is 1.70 bits per heavy atom. The number of rotatable bonds is 15. The summed E-state index contributed by atoms with van der Waals surface area (Å²) in [5.74, 6) is 0.564. The van der Waals surface area contributed by atoms with E-state index in [2.05, 4.69) is 68.7 Å². The van der Waals surface area contributed by atoms with Crippen LogP contribution in [-0.4, -0.2) is 0 Å². The molecule has 0 N–H and O–H groups in total. The first-order valence-corrected chi connectivity index (χ1v) is 12.1. The Hall–Kier alpha value is -2.07. The van der Waals surface area contributed by atoms with Crippen LogP contribution in [0.15, 0.2) is 72.9 Å². The summed E-state index contributed by atoms with van der Waals surface area (Å²) in [5.41, 5.74) is 2.60. The third-order valence-corrected chi connectivity index (χ3v) is 5.31. The summed E-state index contributed by atoms with van der Waals surface area (Å²) >= 11 is 0. The van der Waals surface area contributed by atoms with E-state index < -0.39 is 0 Å². The van der Waals surface area contributed by atoms with Crippen molar-refractivity contribution >= 4 is 0 Å². The number of unbranched alkanes of at least 4 members (excludes halogenated alkanes) is 4. The zero-order valence-electron chi connectivity index (χ0n) is 19.9. The Labute approximate surface area is 187 Å². The first kappa shape index (κ1) is 27.9. The van der Waals surface area contributed by atoms with Gasteiger partial charge in [-0.25, -0.2) is 0 Å². The molecule has 0 aromatic rings. The second-order valence-electron chi connectivity index (χ2n) is 7.69. The molecule has 0 saturated carbocycles. The molecule has 0 bridgehead atoms. The normalized spacial score (nSPS) is 15.5. The van der Waals surface area contributed by atoms with Crippen LogP contribution in [0, 0.1) is 23.2 Å². The molecule has 2 atom stereocenters. The molecule has 1 aliphatic carbocycles. The average molecular weight is 408 g/mol. The van der Waals surface area contributed by atoms with Crippen molar-refractivity contribution in [3.05, 3.63) is 72.9 Å². The van der Waals surface area contributed by atoms with E-state index >= 15 is 0 Å². The molecule has 0 aromatic carbocycles. The standard InChI is InChI=1S/C27H39N.C2H6/c1-4-7-9-11-15-24(6-3)21-22-27-19-13-12-18-26(27)20-14-17-25(23-28)16-10-8-5-2;1-2/h5-6,14,18-22,24-25H,2-4,7-13,15-17H2,1H3;1-2H3/b20-14+,22-21+;. The molecule has 2 unspecified atom stereocenters. The molecule has 0 saturated heterocycles. The molecule has 0 fully saturated rings. The summed E-state index contributed by atoms with van der Waals surface area (Å²) < 4.78 is 0. The summed E-state index contributed by atoms with van der Waals surface area (Å²) in [6.07, 6.45) is 30.0. The molecule has 0 aliphatic heterocycles. The maximum atomic E-state index is 9.33. The maximum Gasteiger partial charge on any atom is 0.0659 e. The van der Waals surface area contributed by atoms with E-state index in [1.54, 1.807) is 0 Å². The highest BCUT2D eigenvalue weighted by Crippen LogP contribution is 2.24. The van der Waals surface area contributed by atoms with E-state index in [1.807, 2.05) is 19.9 Å². The van der Waals surface area contributed by atoms with Gasteiger partial charge in [-0.1, -0.05) is 95.1 Å². The Bertz CT molecular complexity index is 609. The average Bonchev–Trinajstić information content (AvgIpc) is 2.79. The largest absolute Gasteiger partial charge is 0.198 e. The lowest BCUT2D eigenvalue weighted by atomic mass is 9.93. The minimum absolute atomic E-state index is 0.108. The molecular formula is C29H45N. The van der Waals surface area contributed by atoms with Crippen LogP contribution in [0.1, 0.15) is 91.4 Å². The van der Waals surface area contributed by atoms with Crippen LogP contribution < -0.4 is 0 Å². The quantitative estimate of drug-likeness (QED) is 0.196. The van der Waals surface area contributed by atoms with Gasteiger partial charge in [0.15, 0.2) is 0 Å². The molecule has 1 heteroatoms. The van der Waals surface area contributed by atoms with Crippen LogP contribution in [0.4, 0.5) is 0 Å². The van der Waals surface area contributed by atoms with Gasteiger partial charge in [0.2, 0.25) is 0 Å². The predicted octanol–water partition coefficient (Wildman–Crippen LogP) is 9.43. The first-order chi connectivity index (χ1) is 14.7. The van der Waals surface area contributed by atoms with Gasteiger partial charge in [0, 0.05) is 5.92 Å². The molecule has 0 aromatic heterocycles. The molecule has 30 heavy (non-hydrogen) atoms. The minimum Gasteiger partial charge on any atom is -0.198 e. The van der Waals surface area contributed by atoms with E-state index in [0.29, 0.717) is 5.92 Å². The summed E-state index contributed by atoms with van der Waals surface area (Å²) in [6, 6.07) is 2.44. The fraction of sp³-hybridized carbons (Fsp3) is 0.552. The van der Waals surface area contributed by atoms with E-state index in [4.69, 9.17) is 0 Å². The van der Waals surface area contributed by atoms with Crippen LogP contribution in [-0.2, 0) is 0 Å². The number of allylic oxidation sites excluding steroid dienone is 10. The minimum atomic E-state index is 0.108. The van der Waals surface area contributed by atoms with Crippen molar-refractivity contribution in [2.75, 3.05) is 0 Å². The summed E-state index contributed by atoms with van der Waals surface area (Å²) in [7, 11) is 0. The Morgan fingerprint density at radius 3 is 2.30 bits per heavy atom.